The average molecular weight is 119 g/mol. The van der Waals surface area contributed by atoms with Crippen LogP contribution in [0.3, 0.4) is 0 Å². The van der Waals surface area contributed by atoms with Crippen LogP contribution in [0.1, 0.15) is 6.42 Å². The van der Waals surface area contributed by atoms with Gasteiger partial charge in [0, 0.05) is 0 Å². The van der Waals surface area contributed by atoms with Crippen LogP contribution in [0.15, 0.2) is 0 Å². The van der Waals surface area contributed by atoms with Crippen molar-refractivity contribution in [2.45, 2.75) is 6.42 Å². The van der Waals surface area contributed by atoms with Crippen LogP contribution in [0.4, 0.5) is 0 Å². The lowest BCUT2D eigenvalue weighted by atomic mass is 10.5. The van der Waals surface area contributed by atoms with Gasteiger partial charge in [0.15, 0.2) is 0 Å². The maximum atomic E-state index is 5.17. The predicted molar refractivity (Wildman–Crippen MR) is 31.8 cm³/mol. The van der Waals surface area contributed by atoms with E-state index in [1.54, 1.807) is 0 Å². The fourth-order valence-corrected chi connectivity index (χ4v) is 0.287. The van der Waals surface area contributed by atoms with E-state index < -0.39 is 0 Å². The second kappa shape index (κ2) is 6.84. The van der Waals surface area contributed by atoms with Gasteiger partial charge in [0.1, 0.15) is 0 Å². The third kappa shape index (κ3) is 5.84. The standard InChI is InChI=1S/C4H13N3O/c5-2-1-3-8-7-4-6/h7H,1-6H2. The molecule has 50 valence electrons. The van der Waals surface area contributed by atoms with Gasteiger partial charge in [-0.3, -0.25) is 0 Å². The van der Waals surface area contributed by atoms with E-state index >= 15 is 0 Å². The molecule has 0 fully saturated rings. The van der Waals surface area contributed by atoms with Gasteiger partial charge in [0.2, 0.25) is 0 Å². The van der Waals surface area contributed by atoms with E-state index in [-0.39, 0.29) is 0 Å². The lowest BCUT2D eigenvalue weighted by molar-refractivity contribution is 0.0423. The lowest BCUT2D eigenvalue weighted by Crippen LogP contribution is -2.23. The number of hydrogen-bond donors (Lipinski definition) is 3. The highest BCUT2D eigenvalue weighted by Gasteiger charge is 1.80. The Morgan fingerprint density at radius 1 is 1.38 bits per heavy atom. The first kappa shape index (κ1) is 7.84. The molecule has 0 bridgehead atoms. The van der Waals surface area contributed by atoms with Crippen LogP contribution in [-0.2, 0) is 4.84 Å². The molecule has 0 rings (SSSR count). The molecule has 0 atom stereocenters. The van der Waals surface area contributed by atoms with Gasteiger partial charge < -0.3 is 16.3 Å². The van der Waals surface area contributed by atoms with Crippen molar-refractivity contribution in [1.29, 1.82) is 0 Å². The minimum absolute atomic E-state index is 0.352. The second-order valence-corrected chi connectivity index (χ2v) is 1.34. The summed E-state index contributed by atoms with van der Waals surface area (Å²) in [6.07, 6.45) is 0.868. The molecule has 0 aliphatic rings. The zero-order valence-electron chi connectivity index (χ0n) is 4.89. The van der Waals surface area contributed by atoms with E-state index in [0.29, 0.717) is 19.8 Å². The summed E-state index contributed by atoms with van der Waals surface area (Å²) in [5.41, 5.74) is 12.7. The van der Waals surface area contributed by atoms with Crippen molar-refractivity contribution in [1.82, 2.24) is 5.48 Å². The minimum Gasteiger partial charge on any atom is -0.330 e. The van der Waals surface area contributed by atoms with E-state index in [4.69, 9.17) is 16.3 Å². The molecule has 0 radical (unpaired) electrons. The summed E-state index contributed by atoms with van der Waals surface area (Å²) in [6, 6.07) is 0. The molecule has 5 N–H and O–H groups in total. The molecular weight excluding hydrogens is 106 g/mol. The fourth-order valence-electron chi connectivity index (χ4n) is 0.287. The highest BCUT2D eigenvalue weighted by Crippen LogP contribution is 1.71. The summed E-state index contributed by atoms with van der Waals surface area (Å²) >= 11 is 0. The number of rotatable bonds is 5. The summed E-state index contributed by atoms with van der Waals surface area (Å²) in [5.74, 6) is 0. The average Bonchev–Trinajstić information content (AvgIpc) is 1.81. The van der Waals surface area contributed by atoms with Crippen molar-refractivity contribution < 1.29 is 4.84 Å². The Morgan fingerprint density at radius 3 is 2.62 bits per heavy atom. The molecule has 0 aliphatic carbocycles. The molecule has 0 aromatic carbocycles. The maximum Gasteiger partial charge on any atom is 0.0694 e. The molecule has 0 spiro atoms. The van der Waals surface area contributed by atoms with Crippen LogP contribution >= 0.6 is 0 Å². The smallest absolute Gasteiger partial charge is 0.0694 e. The van der Waals surface area contributed by atoms with Gasteiger partial charge in [0.25, 0.3) is 0 Å². The molecule has 0 aromatic heterocycles. The normalized spacial score (nSPS) is 9.75. The quantitative estimate of drug-likeness (QED) is 0.241. The predicted octanol–water partition coefficient (Wildman–Crippen LogP) is -1.23. The summed E-state index contributed by atoms with van der Waals surface area (Å²) < 4.78 is 0. The van der Waals surface area contributed by atoms with E-state index in [1.165, 1.54) is 0 Å². The van der Waals surface area contributed by atoms with Crippen molar-refractivity contribution in [3.63, 3.8) is 0 Å². The molecule has 4 heteroatoms. The van der Waals surface area contributed by atoms with Crippen molar-refractivity contribution in [2.75, 3.05) is 19.8 Å². The number of nitrogens with one attached hydrogen (secondary N) is 1. The molecule has 0 saturated carbocycles. The van der Waals surface area contributed by atoms with Gasteiger partial charge in [0.05, 0.1) is 13.3 Å². The molecule has 0 aromatic rings. The molecule has 4 nitrogen and oxygen atoms in total. The largest absolute Gasteiger partial charge is 0.330 e. The summed E-state index contributed by atoms with van der Waals surface area (Å²) in [4.78, 5) is 4.77. The summed E-state index contributed by atoms with van der Waals surface area (Å²) in [7, 11) is 0. The molecule has 0 unspecified atom stereocenters. The molecule has 8 heavy (non-hydrogen) atoms. The molecule has 0 heterocycles. The van der Waals surface area contributed by atoms with Gasteiger partial charge in [-0.15, -0.1) is 0 Å². The monoisotopic (exact) mass is 119 g/mol. The third-order valence-electron chi connectivity index (χ3n) is 0.636. The van der Waals surface area contributed by atoms with Crippen molar-refractivity contribution >= 4 is 0 Å². The Bertz CT molecular complexity index is 36.3. The fraction of sp³-hybridized carbons (Fsp3) is 1.00. The van der Waals surface area contributed by atoms with Crippen LogP contribution in [0, 0.1) is 0 Å². The Morgan fingerprint density at radius 2 is 2.12 bits per heavy atom. The Balaban J connectivity index is 2.53. The van der Waals surface area contributed by atoms with Crippen LogP contribution in [0.25, 0.3) is 0 Å². The number of nitrogens with two attached hydrogens (primary N) is 2. The highest BCUT2D eigenvalue weighted by atomic mass is 16.6. The van der Waals surface area contributed by atoms with Crippen LogP contribution in [0.2, 0.25) is 0 Å². The lowest BCUT2D eigenvalue weighted by Gasteiger charge is -1.99. The first-order valence-electron chi connectivity index (χ1n) is 2.66. The van der Waals surface area contributed by atoms with Crippen LogP contribution in [-0.4, -0.2) is 19.8 Å². The summed E-state index contributed by atoms with van der Waals surface area (Å²) in [6.45, 7) is 1.64. The van der Waals surface area contributed by atoms with Gasteiger partial charge in [-0.2, -0.15) is 5.48 Å². The Labute approximate surface area is 49.1 Å². The minimum atomic E-state index is 0.352. The number of hydrogen-bond acceptors (Lipinski definition) is 4. The summed E-state index contributed by atoms with van der Waals surface area (Å²) in [5, 5.41) is 0. The van der Waals surface area contributed by atoms with Gasteiger partial charge >= 0.3 is 0 Å². The topological polar surface area (TPSA) is 73.3 Å². The van der Waals surface area contributed by atoms with Gasteiger partial charge in [-0.05, 0) is 13.0 Å². The van der Waals surface area contributed by atoms with Crippen LogP contribution in [0.5, 0.6) is 0 Å². The van der Waals surface area contributed by atoms with Crippen molar-refractivity contribution in [2.24, 2.45) is 11.5 Å². The van der Waals surface area contributed by atoms with E-state index in [9.17, 15) is 0 Å². The zero-order chi connectivity index (χ0) is 6.24. The SMILES string of the molecule is NCCCONCN. The van der Waals surface area contributed by atoms with Crippen molar-refractivity contribution in [3.05, 3.63) is 0 Å². The molecule has 0 saturated heterocycles. The molecule has 0 aliphatic heterocycles. The van der Waals surface area contributed by atoms with Crippen molar-refractivity contribution in [3.8, 4) is 0 Å². The van der Waals surface area contributed by atoms with Gasteiger partial charge in [-0.25, -0.2) is 0 Å². The zero-order valence-corrected chi connectivity index (χ0v) is 4.89. The van der Waals surface area contributed by atoms with Gasteiger partial charge in [-0.1, -0.05) is 0 Å². The van der Waals surface area contributed by atoms with Crippen LogP contribution < -0.4 is 16.9 Å². The Kier molecular flexibility index (Phi) is 6.70. The first-order chi connectivity index (χ1) is 3.91. The highest BCUT2D eigenvalue weighted by molar-refractivity contribution is 4.32. The maximum absolute atomic E-state index is 5.17. The van der Waals surface area contributed by atoms with E-state index in [1.807, 2.05) is 0 Å². The Hall–Kier alpha value is -0.160. The number of hydroxylamine groups is 1. The molecule has 0 amide bonds. The van der Waals surface area contributed by atoms with E-state index in [0.717, 1.165) is 6.42 Å². The third-order valence-corrected chi connectivity index (χ3v) is 0.636. The first-order valence-corrected chi connectivity index (χ1v) is 2.66. The molecular formula is C4H13N3O. The second-order valence-electron chi connectivity index (χ2n) is 1.34. The van der Waals surface area contributed by atoms with E-state index in [2.05, 4.69) is 5.48 Å².